The predicted molar refractivity (Wildman–Crippen MR) is 108 cm³/mol. The third-order valence-corrected chi connectivity index (χ3v) is 5.15. The second-order valence-corrected chi connectivity index (χ2v) is 7.53. The number of amides is 2. The second-order valence-electron chi connectivity index (χ2n) is 7.53. The van der Waals surface area contributed by atoms with Crippen LogP contribution in [0.15, 0.2) is 42.6 Å². The van der Waals surface area contributed by atoms with E-state index < -0.39 is 0 Å². The average molecular weight is 380 g/mol. The van der Waals surface area contributed by atoms with Crippen LogP contribution in [-0.4, -0.2) is 50.7 Å². The standard InChI is InChI=1S/C22H28N4O2/c1-4-18-15-25(22(28)19-10-12-23-21(24-19)16(2)3)13-11-20(27)26(18)14-17-8-6-5-7-9-17/h5-10,12,16,18H,4,11,13-15H2,1-3H3. The van der Waals surface area contributed by atoms with Crippen LogP contribution in [0.3, 0.4) is 0 Å². The normalized spacial score (nSPS) is 17.7. The van der Waals surface area contributed by atoms with Crippen LogP contribution in [0.2, 0.25) is 0 Å². The van der Waals surface area contributed by atoms with E-state index in [1.807, 2.05) is 49.1 Å². The first-order valence-corrected chi connectivity index (χ1v) is 9.95. The van der Waals surface area contributed by atoms with Gasteiger partial charge in [0.2, 0.25) is 5.91 Å². The highest BCUT2D eigenvalue weighted by Gasteiger charge is 2.31. The summed E-state index contributed by atoms with van der Waals surface area (Å²) >= 11 is 0. The van der Waals surface area contributed by atoms with Crippen molar-refractivity contribution in [3.8, 4) is 0 Å². The topological polar surface area (TPSA) is 66.4 Å². The molecule has 1 aliphatic heterocycles. The van der Waals surface area contributed by atoms with Gasteiger partial charge in [0.05, 0.1) is 0 Å². The summed E-state index contributed by atoms with van der Waals surface area (Å²) < 4.78 is 0. The van der Waals surface area contributed by atoms with Crippen molar-refractivity contribution >= 4 is 11.8 Å². The molecule has 1 atom stereocenters. The average Bonchev–Trinajstić information content (AvgIpc) is 2.87. The summed E-state index contributed by atoms with van der Waals surface area (Å²) in [4.78, 5) is 38.2. The lowest BCUT2D eigenvalue weighted by Gasteiger charge is -2.31. The largest absolute Gasteiger partial charge is 0.335 e. The summed E-state index contributed by atoms with van der Waals surface area (Å²) in [6.45, 7) is 7.58. The third-order valence-electron chi connectivity index (χ3n) is 5.15. The number of benzene rings is 1. The Morgan fingerprint density at radius 1 is 1.21 bits per heavy atom. The zero-order chi connectivity index (χ0) is 20.1. The van der Waals surface area contributed by atoms with E-state index in [1.165, 1.54) is 0 Å². The van der Waals surface area contributed by atoms with Crippen LogP contribution in [0.25, 0.3) is 0 Å². The minimum Gasteiger partial charge on any atom is -0.335 e. The molecule has 0 spiro atoms. The molecule has 1 aromatic heterocycles. The monoisotopic (exact) mass is 380 g/mol. The zero-order valence-corrected chi connectivity index (χ0v) is 16.8. The van der Waals surface area contributed by atoms with Gasteiger partial charge in [0.1, 0.15) is 11.5 Å². The molecule has 6 heteroatoms. The molecule has 2 amide bonds. The molecule has 1 saturated heterocycles. The van der Waals surface area contributed by atoms with E-state index >= 15 is 0 Å². The number of carbonyl (C=O) groups excluding carboxylic acids is 2. The lowest BCUT2D eigenvalue weighted by Crippen LogP contribution is -2.44. The first kappa shape index (κ1) is 20.0. The van der Waals surface area contributed by atoms with Crippen LogP contribution < -0.4 is 0 Å². The van der Waals surface area contributed by atoms with Gasteiger partial charge in [-0.2, -0.15) is 0 Å². The number of nitrogens with zero attached hydrogens (tertiary/aromatic N) is 4. The van der Waals surface area contributed by atoms with Crippen LogP contribution >= 0.6 is 0 Å². The van der Waals surface area contributed by atoms with Crippen LogP contribution in [0.5, 0.6) is 0 Å². The van der Waals surface area contributed by atoms with Crippen LogP contribution in [0, 0.1) is 0 Å². The molecule has 1 aromatic carbocycles. The molecule has 2 heterocycles. The lowest BCUT2D eigenvalue weighted by atomic mass is 10.1. The van der Waals surface area contributed by atoms with Gasteiger partial charge in [0.25, 0.3) is 5.91 Å². The molecule has 1 unspecified atom stereocenters. The number of rotatable bonds is 5. The highest BCUT2D eigenvalue weighted by atomic mass is 16.2. The molecule has 28 heavy (non-hydrogen) atoms. The van der Waals surface area contributed by atoms with Gasteiger partial charge in [-0.15, -0.1) is 0 Å². The van der Waals surface area contributed by atoms with Crippen molar-refractivity contribution in [1.29, 1.82) is 0 Å². The summed E-state index contributed by atoms with van der Waals surface area (Å²) in [6.07, 6.45) is 2.76. The highest BCUT2D eigenvalue weighted by molar-refractivity contribution is 5.93. The van der Waals surface area contributed by atoms with Gasteiger partial charge in [-0.05, 0) is 18.1 Å². The van der Waals surface area contributed by atoms with Gasteiger partial charge in [0, 0.05) is 44.2 Å². The smallest absolute Gasteiger partial charge is 0.272 e. The molecule has 2 aromatic rings. The maximum Gasteiger partial charge on any atom is 0.272 e. The second kappa shape index (κ2) is 8.95. The third kappa shape index (κ3) is 4.55. The zero-order valence-electron chi connectivity index (χ0n) is 16.8. The molecule has 0 saturated carbocycles. The predicted octanol–water partition coefficient (Wildman–Crippen LogP) is 3.25. The number of carbonyl (C=O) groups is 2. The Kier molecular flexibility index (Phi) is 6.39. The van der Waals surface area contributed by atoms with E-state index in [0.717, 1.165) is 12.0 Å². The van der Waals surface area contributed by atoms with Crippen molar-refractivity contribution in [2.45, 2.75) is 52.1 Å². The number of hydrogen-bond donors (Lipinski definition) is 0. The molecule has 3 rings (SSSR count). The molecule has 0 aliphatic carbocycles. The number of aromatic nitrogens is 2. The van der Waals surface area contributed by atoms with Crippen LogP contribution in [-0.2, 0) is 11.3 Å². The molecule has 148 valence electrons. The summed E-state index contributed by atoms with van der Waals surface area (Å²) in [7, 11) is 0. The van der Waals surface area contributed by atoms with E-state index in [9.17, 15) is 9.59 Å². The fourth-order valence-electron chi connectivity index (χ4n) is 3.49. The van der Waals surface area contributed by atoms with Crippen molar-refractivity contribution in [3.05, 3.63) is 59.7 Å². The summed E-state index contributed by atoms with van der Waals surface area (Å²) in [5.74, 6) is 0.784. The van der Waals surface area contributed by atoms with Crippen molar-refractivity contribution in [2.24, 2.45) is 0 Å². The molecule has 1 aliphatic rings. The molecule has 1 fully saturated rings. The lowest BCUT2D eigenvalue weighted by molar-refractivity contribution is -0.133. The first-order valence-electron chi connectivity index (χ1n) is 9.95. The van der Waals surface area contributed by atoms with Gasteiger partial charge in [0.15, 0.2) is 0 Å². The van der Waals surface area contributed by atoms with E-state index in [-0.39, 0.29) is 23.8 Å². The van der Waals surface area contributed by atoms with Gasteiger partial charge < -0.3 is 9.80 Å². The fraction of sp³-hybridized carbons (Fsp3) is 0.455. The quantitative estimate of drug-likeness (QED) is 0.799. The summed E-state index contributed by atoms with van der Waals surface area (Å²) in [5, 5.41) is 0. The number of hydrogen-bond acceptors (Lipinski definition) is 4. The Balaban J connectivity index is 1.79. The molecule has 0 radical (unpaired) electrons. The SMILES string of the molecule is CCC1CN(C(=O)c2ccnc(C(C)C)n2)CCC(=O)N1Cc1ccccc1. The van der Waals surface area contributed by atoms with Crippen LogP contribution in [0.4, 0.5) is 0 Å². The van der Waals surface area contributed by atoms with Gasteiger partial charge in [-0.1, -0.05) is 51.1 Å². The Hall–Kier alpha value is -2.76. The Morgan fingerprint density at radius 2 is 1.96 bits per heavy atom. The van der Waals surface area contributed by atoms with Gasteiger partial charge >= 0.3 is 0 Å². The van der Waals surface area contributed by atoms with Crippen molar-refractivity contribution in [3.63, 3.8) is 0 Å². The van der Waals surface area contributed by atoms with E-state index in [1.54, 1.807) is 17.2 Å². The maximum absolute atomic E-state index is 13.1. The van der Waals surface area contributed by atoms with Crippen molar-refractivity contribution < 1.29 is 9.59 Å². The molecule has 0 bridgehead atoms. The van der Waals surface area contributed by atoms with Gasteiger partial charge in [-0.3, -0.25) is 9.59 Å². The Morgan fingerprint density at radius 3 is 2.64 bits per heavy atom. The summed E-state index contributed by atoms with van der Waals surface area (Å²) in [5.41, 5.74) is 1.50. The molecular formula is C22H28N4O2. The first-order chi connectivity index (χ1) is 13.5. The fourth-order valence-corrected chi connectivity index (χ4v) is 3.49. The highest BCUT2D eigenvalue weighted by Crippen LogP contribution is 2.19. The molecule has 0 N–H and O–H groups in total. The summed E-state index contributed by atoms with van der Waals surface area (Å²) in [6, 6.07) is 11.6. The Labute approximate surface area is 166 Å². The van der Waals surface area contributed by atoms with E-state index in [2.05, 4.69) is 16.9 Å². The maximum atomic E-state index is 13.1. The van der Waals surface area contributed by atoms with Crippen molar-refractivity contribution in [1.82, 2.24) is 19.8 Å². The minimum absolute atomic E-state index is 0.00874. The van der Waals surface area contributed by atoms with Gasteiger partial charge in [-0.25, -0.2) is 9.97 Å². The molecule has 6 nitrogen and oxygen atoms in total. The molecular weight excluding hydrogens is 352 g/mol. The van der Waals surface area contributed by atoms with Crippen molar-refractivity contribution in [2.75, 3.05) is 13.1 Å². The minimum atomic E-state index is -0.128. The van der Waals surface area contributed by atoms with E-state index in [4.69, 9.17) is 0 Å². The van der Waals surface area contributed by atoms with Crippen LogP contribution in [0.1, 0.15) is 61.4 Å². The van der Waals surface area contributed by atoms with E-state index in [0.29, 0.717) is 37.6 Å². The Bertz CT molecular complexity index is 822.